The summed E-state index contributed by atoms with van der Waals surface area (Å²) in [6.45, 7) is 3.14. The quantitative estimate of drug-likeness (QED) is 0.537. The van der Waals surface area contributed by atoms with Crippen molar-refractivity contribution in [3.05, 3.63) is 0 Å². The Morgan fingerprint density at radius 2 is 1.21 bits per heavy atom. The van der Waals surface area contributed by atoms with Gasteiger partial charge in [-0.2, -0.15) is 4.31 Å². The largest absolute Gasteiger partial charge is 1.00 e. The molecule has 0 fully saturated rings. The SMILES string of the molecule is CCN(CC)S(F)(F)F.F[B-](F)(F)F.[H+]. The van der Waals surface area contributed by atoms with Crippen molar-refractivity contribution in [3.8, 4) is 0 Å². The highest BCUT2D eigenvalue weighted by atomic mass is 32.3. The maximum Gasteiger partial charge on any atom is 1.00 e. The summed E-state index contributed by atoms with van der Waals surface area (Å²) in [5.74, 6) is 0. The van der Waals surface area contributed by atoms with Crippen LogP contribution < -0.4 is 0 Å². The Hall–Kier alpha value is -0.115. The molecular formula is C4H11BF7NS. The van der Waals surface area contributed by atoms with Crippen molar-refractivity contribution in [2.45, 2.75) is 13.8 Å². The lowest BCUT2D eigenvalue weighted by Crippen LogP contribution is -2.19. The van der Waals surface area contributed by atoms with E-state index in [9.17, 15) is 28.9 Å². The number of rotatable bonds is 3. The normalized spacial score (nSPS) is 13.6. The molecule has 0 bridgehead atoms. The summed E-state index contributed by atoms with van der Waals surface area (Å²) in [6.07, 6.45) is 0. The van der Waals surface area contributed by atoms with Gasteiger partial charge in [0.1, 0.15) is 0 Å². The highest BCUT2D eigenvalue weighted by Gasteiger charge is 2.27. The molecule has 0 rings (SSSR count). The fourth-order valence-corrected chi connectivity index (χ4v) is 1.10. The summed E-state index contributed by atoms with van der Waals surface area (Å²) in [5.41, 5.74) is 0. The van der Waals surface area contributed by atoms with E-state index in [2.05, 4.69) is 0 Å². The standard InChI is InChI=1S/C4H10F3NS.BF4/c1-3-8(4-2)9(5,6)7;2-1(3,4)5/h3-4H2,1-2H3;/q;-1/p+1. The van der Waals surface area contributed by atoms with Gasteiger partial charge in [0, 0.05) is 13.1 Å². The van der Waals surface area contributed by atoms with Crippen molar-refractivity contribution in [2.24, 2.45) is 0 Å². The van der Waals surface area contributed by atoms with E-state index in [1.165, 1.54) is 13.8 Å². The minimum Gasteiger partial charge on any atom is -0.418 e. The van der Waals surface area contributed by atoms with Gasteiger partial charge in [0.05, 0.1) is 0 Å². The molecule has 0 saturated heterocycles. The lowest BCUT2D eigenvalue weighted by Gasteiger charge is -2.23. The van der Waals surface area contributed by atoms with E-state index in [4.69, 9.17) is 0 Å². The molecule has 0 amide bonds. The highest BCUT2D eigenvalue weighted by Crippen LogP contribution is 2.55. The van der Waals surface area contributed by atoms with Crippen LogP contribution in [0, 0.1) is 0 Å². The molecule has 0 aliphatic heterocycles. The second kappa shape index (κ2) is 6.38. The third-order valence-corrected chi connectivity index (χ3v) is 2.10. The molecule has 0 radical (unpaired) electrons. The monoisotopic (exact) mass is 249 g/mol. The van der Waals surface area contributed by atoms with E-state index in [1.54, 1.807) is 0 Å². The van der Waals surface area contributed by atoms with Crippen LogP contribution in [0.5, 0.6) is 0 Å². The second-order valence-electron chi connectivity index (χ2n) is 1.99. The molecule has 0 N–H and O–H groups in total. The highest BCUT2D eigenvalue weighted by molar-refractivity contribution is 8.18. The molecule has 0 aromatic carbocycles. The molecule has 0 atom stereocenters. The van der Waals surface area contributed by atoms with Crippen molar-refractivity contribution in [1.82, 2.24) is 4.31 Å². The fourth-order valence-electron chi connectivity index (χ4n) is 0.516. The van der Waals surface area contributed by atoms with E-state index in [0.29, 0.717) is 4.31 Å². The van der Waals surface area contributed by atoms with Crippen molar-refractivity contribution < 1.29 is 30.3 Å². The van der Waals surface area contributed by atoms with Crippen LogP contribution in [-0.4, -0.2) is 24.6 Å². The van der Waals surface area contributed by atoms with Gasteiger partial charge in [-0.1, -0.05) is 13.8 Å². The molecule has 0 saturated carbocycles. The number of nitrogens with zero attached hydrogens (tertiary/aromatic N) is 1. The molecule has 1 nitrogen and oxygen atoms in total. The van der Waals surface area contributed by atoms with E-state index in [0.717, 1.165) is 0 Å². The first-order valence-electron chi connectivity index (χ1n) is 3.57. The molecule has 0 aromatic heterocycles. The predicted octanol–water partition coefficient (Wildman–Crippen LogP) is 4.11. The zero-order valence-corrected chi connectivity index (χ0v) is 8.31. The fraction of sp³-hybridized carbons (Fsp3) is 1.00. The van der Waals surface area contributed by atoms with E-state index < -0.39 is 18.6 Å². The first kappa shape index (κ1) is 16.3. The predicted molar refractivity (Wildman–Crippen MR) is 45.1 cm³/mol. The van der Waals surface area contributed by atoms with Crippen LogP contribution >= 0.6 is 11.4 Å². The summed E-state index contributed by atoms with van der Waals surface area (Å²) in [6, 6.07) is 0. The van der Waals surface area contributed by atoms with Gasteiger partial charge in [-0.05, 0) is 0 Å². The number of halogens is 7. The third kappa shape index (κ3) is 14.4. The van der Waals surface area contributed by atoms with E-state index in [-0.39, 0.29) is 14.5 Å². The zero-order valence-electron chi connectivity index (χ0n) is 8.49. The van der Waals surface area contributed by atoms with Crippen molar-refractivity contribution in [1.29, 1.82) is 0 Å². The van der Waals surface area contributed by atoms with Crippen LogP contribution in [0.1, 0.15) is 15.3 Å². The minimum atomic E-state index is -6.00. The van der Waals surface area contributed by atoms with Gasteiger partial charge in [0.25, 0.3) is 11.4 Å². The Labute approximate surface area is 81.2 Å². The first-order chi connectivity index (χ1) is 6.02. The van der Waals surface area contributed by atoms with Gasteiger partial charge in [-0.3, -0.25) is 0 Å². The molecule has 0 aromatic rings. The average molecular weight is 249 g/mol. The number of hydrogen-bond acceptors (Lipinski definition) is 1. The second-order valence-corrected chi connectivity index (χ2v) is 3.27. The Morgan fingerprint density at radius 1 is 1.00 bits per heavy atom. The lowest BCUT2D eigenvalue weighted by molar-refractivity contribution is 0.368. The van der Waals surface area contributed by atoms with Crippen molar-refractivity contribution in [2.75, 3.05) is 13.1 Å². The molecule has 14 heavy (non-hydrogen) atoms. The van der Waals surface area contributed by atoms with Crippen LogP contribution in [0.25, 0.3) is 0 Å². The van der Waals surface area contributed by atoms with Gasteiger partial charge in [0.2, 0.25) is 0 Å². The van der Waals surface area contributed by atoms with Crippen molar-refractivity contribution >= 4 is 18.6 Å². The molecule has 0 spiro atoms. The molecular weight excluding hydrogens is 238 g/mol. The first-order valence-corrected chi connectivity index (χ1v) is 4.86. The Kier molecular flexibility index (Phi) is 7.44. The Balaban J connectivity index is -0.000000208. The zero-order chi connectivity index (χ0) is 12.0. The molecule has 10 heteroatoms. The summed E-state index contributed by atoms with van der Waals surface area (Å²) in [7, 11) is -6.00. The van der Waals surface area contributed by atoms with Gasteiger partial charge in [-0.25, -0.2) is 0 Å². The van der Waals surface area contributed by atoms with Crippen LogP contribution in [0.4, 0.5) is 28.9 Å². The molecule has 0 heterocycles. The molecule has 0 unspecified atom stereocenters. The molecule has 0 aliphatic carbocycles. The maximum atomic E-state index is 11.7. The van der Waals surface area contributed by atoms with Gasteiger partial charge in [-0.15, -0.1) is 11.7 Å². The lowest BCUT2D eigenvalue weighted by atomic mass is 10.3. The third-order valence-electron chi connectivity index (χ3n) is 0.998. The van der Waals surface area contributed by atoms with E-state index >= 15 is 0 Å². The van der Waals surface area contributed by atoms with Gasteiger partial charge >= 0.3 is 8.68 Å². The summed E-state index contributed by atoms with van der Waals surface area (Å²) in [5, 5.41) is 0. The average Bonchev–Trinajstić information content (AvgIpc) is 1.82. The van der Waals surface area contributed by atoms with E-state index in [1.807, 2.05) is 0 Å². The van der Waals surface area contributed by atoms with Gasteiger partial charge in [0.15, 0.2) is 0 Å². The summed E-state index contributed by atoms with van der Waals surface area (Å²) in [4.78, 5) is 0. The van der Waals surface area contributed by atoms with Crippen molar-refractivity contribution in [3.63, 3.8) is 0 Å². The Morgan fingerprint density at radius 3 is 1.21 bits per heavy atom. The van der Waals surface area contributed by atoms with Crippen LogP contribution in [0.2, 0.25) is 0 Å². The minimum absolute atomic E-state index is 0. The topological polar surface area (TPSA) is 3.24 Å². The maximum absolute atomic E-state index is 11.7. The van der Waals surface area contributed by atoms with Crippen LogP contribution in [-0.2, 0) is 0 Å². The summed E-state index contributed by atoms with van der Waals surface area (Å²) < 4.78 is 74.7. The smallest absolute Gasteiger partial charge is 0.418 e. The molecule has 0 aliphatic rings. The van der Waals surface area contributed by atoms with Gasteiger partial charge < -0.3 is 17.3 Å². The van der Waals surface area contributed by atoms with Crippen LogP contribution in [0.15, 0.2) is 0 Å². The summed E-state index contributed by atoms with van der Waals surface area (Å²) >= 11 is -4.93. The Bertz CT molecular complexity index is 141. The number of hydrogen-bond donors (Lipinski definition) is 0. The van der Waals surface area contributed by atoms with Crippen LogP contribution in [0.3, 0.4) is 0 Å². The molecule has 90 valence electrons.